The van der Waals surface area contributed by atoms with Gasteiger partial charge in [-0.2, -0.15) is 0 Å². The Morgan fingerprint density at radius 3 is 2.88 bits per heavy atom. The fourth-order valence-corrected chi connectivity index (χ4v) is 2.95. The van der Waals surface area contributed by atoms with Crippen molar-refractivity contribution >= 4 is 16.8 Å². The lowest BCUT2D eigenvalue weighted by Crippen LogP contribution is -2.21. The first-order valence-corrected chi connectivity index (χ1v) is 7.20. The number of hydrogen-bond donors (Lipinski definition) is 1. The predicted molar refractivity (Wildman–Crippen MR) is 80.4 cm³/mol. The van der Waals surface area contributed by atoms with Crippen LogP contribution in [0.15, 0.2) is 35.1 Å². The van der Waals surface area contributed by atoms with E-state index in [9.17, 15) is 18.3 Å². The Hall–Kier alpha value is -3.05. The zero-order chi connectivity index (χ0) is 17.8. The van der Waals surface area contributed by atoms with Crippen LogP contribution in [0.5, 0.6) is 11.5 Å². The summed E-state index contributed by atoms with van der Waals surface area (Å²) < 4.78 is 52.3. The van der Waals surface area contributed by atoms with E-state index in [-0.39, 0.29) is 39.4 Å². The van der Waals surface area contributed by atoms with Crippen molar-refractivity contribution in [3.05, 3.63) is 59.0 Å². The summed E-state index contributed by atoms with van der Waals surface area (Å²) in [7, 11) is 0. The molecule has 4 rings (SSSR count). The molecule has 1 aliphatic carbocycles. The van der Waals surface area contributed by atoms with Gasteiger partial charge in [-0.15, -0.1) is 0 Å². The second-order valence-electron chi connectivity index (χ2n) is 5.67. The van der Waals surface area contributed by atoms with Gasteiger partial charge in [0.2, 0.25) is 0 Å². The predicted octanol–water partition coefficient (Wildman–Crippen LogP) is 4.53. The number of aromatic nitrogens is 1. The molecule has 1 atom stereocenters. The van der Waals surface area contributed by atoms with Crippen molar-refractivity contribution < 1.29 is 27.4 Å². The van der Waals surface area contributed by atoms with Crippen LogP contribution in [-0.2, 0) is 6.42 Å². The molecule has 1 unspecified atom stereocenters. The van der Waals surface area contributed by atoms with E-state index in [0.29, 0.717) is 0 Å². The number of hydrogen-bond acceptors (Lipinski definition) is 4. The third kappa shape index (κ3) is 2.40. The van der Waals surface area contributed by atoms with E-state index in [2.05, 4.69) is 9.83 Å². The molecule has 0 saturated carbocycles. The van der Waals surface area contributed by atoms with Gasteiger partial charge in [-0.1, -0.05) is 0 Å². The molecule has 0 radical (unpaired) electrons. The molecule has 8 heteroatoms. The van der Waals surface area contributed by atoms with E-state index in [1.54, 1.807) is 0 Å². The Morgan fingerprint density at radius 2 is 2.12 bits per heavy atom. The Bertz CT molecular complexity index is 1040. The molecule has 0 bridgehead atoms. The summed E-state index contributed by atoms with van der Waals surface area (Å²) in [6.45, 7) is 6.95. The highest BCUT2D eigenvalue weighted by Gasteiger charge is 2.49. The molecule has 126 valence electrons. The fraction of sp³-hybridized carbons (Fsp3) is 0.176. The van der Waals surface area contributed by atoms with Gasteiger partial charge in [0.25, 0.3) is 5.92 Å². The van der Waals surface area contributed by atoms with Crippen molar-refractivity contribution in [3.8, 4) is 11.5 Å². The maximum absolute atomic E-state index is 14.0. The molecule has 0 saturated heterocycles. The van der Waals surface area contributed by atoms with E-state index in [0.717, 1.165) is 18.5 Å². The first kappa shape index (κ1) is 15.5. The molecule has 5 nitrogen and oxygen atoms in total. The number of aliphatic hydroxyl groups is 1. The van der Waals surface area contributed by atoms with E-state index >= 15 is 0 Å². The second kappa shape index (κ2) is 5.22. The topological polar surface area (TPSA) is 59.9 Å². The summed E-state index contributed by atoms with van der Waals surface area (Å²) in [6, 6.07) is 4.71. The summed E-state index contributed by atoms with van der Waals surface area (Å²) in [5, 5.41) is 9.96. The number of fused-ring (bicyclic) bond motifs is 3. The maximum atomic E-state index is 14.0. The number of benzene rings is 2. The van der Waals surface area contributed by atoms with Gasteiger partial charge in [0.15, 0.2) is 17.7 Å². The average molecular weight is 346 g/mol. The van der Waals surface area contributed by atoms with Crippen LogP contribution in [-0.4, -0.2) is 16.0 Å². The highest BCUT2D eigenvalue weighted by atomic mass is 19.3. The minimum absolute atomic E-state index is 0.00277. The van der Waals surface area contributed by atoms with Gasteiger partial charge in [-0.3, -0.25) is 0 Å². The third-order valence-electron chi connectivity index (χ3n) is 4.03. The van der Waals surface area contributed by atoms with E-state index in [4.69, 9.17) is 15.7 Å². The van der Waals surface area contributed by atoms with Crippen molar-refractivity contribution in [1.29, 1.82) is 0 Å². The molecule has 2 aromatic carbocycles. The van der Waals surface area contributed by atoms with Gasteiger partial charge < -0.3 is 14.3 Å². The summed E-state index contributed by atoms with van der Waals surface area (Å²) in [5.74, 6) is -4.09. The lowest BCUT2D eigenvalue weighted by atomic mass is 10.1. The number of nitrogens with zero attached hydrogens (tertiary/aromatic N) is 2. The number of ether oxygens (including phenoxy) is 1. The van der Waals surface area contributed by atoms with Gasteiger partial charge in [0.1, 0.15) is 28.9 Å². The summed E-state index contributed by atoms with van der Waals surface area (Å²) >= 11 is 0. The third-order valence-corrected chi connectivity index (χ3v) is 4.03. The minimum Gasteiger partial charge on any atom is -0.458 e. The molecular formula is C17H9F3N2O3. The molecule has 3 aromatic rings. The Kier molecular flexibility index (Phi) is 3.23. The quantitative estimate of drug-likeness (QED) is 0.693. The molecule has 1 aromatic heterocycles. The van der Waals surface area contributed by atoms with Gasteiger partial charge >= 0.3 is 0 Å². The van der Waals surface area contributed by atoms with Crippen LogP contribution in [0.1, 0.15) is 17.2 Å². The number of aliphatic hydroxyl groups excluding tert-OH is 1. The number of rotatable bonds is 2. The van der Waals surface area contributed by atoms with Crippen molar-refractivity contribution in [3.63, 3.8) is 0 Å². The molecule has 0 fully saturated rings. The lowest BCUT2D eigenvalue weighted by molar-refractivity contribution is -0.0964. The molecule has 25 heavy (non-hydrogen) atoms. The Morgan fingerprint density at radius 1 is 1.32 bits per heavy atom. The Labute approximate surface area is 139 Å². The molecule has 1 aliphatic rings. The monoisotopic (exact) mass is 346 g/mol. The smallest absolute Gasteiger partial charge is 0.281 e. The summed E-state index contributed by atoms with van der Waals surface area (Å²) in [6.07, 6.45) is -1.70. The van der Waals surface area contributed by atoms with Crippen molar-refractivity contribution in [2.75, 3.05) is 0 Å². The molecule has 0 spiro atoms. The number of halogens is 3. The van der Waals surface area contributed by atoms with Crippen LogP contribution in [0.25, 0.3) is 15.9 Å². The first-order chi connectivity index (χ1) is 11.9. The zero-order valence-electron chi connectivity index (χ0n) is 12.5. The SMILES string of the molecule is [C-]#[N+]c1cc(F)cc(Oc2cc3ocnc3c3c2CC(F)(F)C3O)c1. The van der Waals surface area contributed by atoms with Gasteiger partial charge in [0.05, 0.1) is 6.57 Å². The van der Waals surface area contributed by atoms with Crippen LogP contribution in [0.2, 0.25) is 0 Å². The van der Waals surface area contributed by atoms with Gasteiger partial charge in [0, 0.05) is 29.7 Å². The highest BCUT2D eigenvalue weighted by Crippen LogP contribution is 2.50. The van der Waals surface area contributed by atoms with E-state index in [1.807, 2.05) is 0 Å². The van der Waals surface area contributed by atoms with Crippen molar-refractivity contribution in [2.45, 2.75) is 18.4 Å². The van der Waals surface area contributed by atoms with Crippen LogP contribution in [0.3, 0.4) is 0 Å². The Balaban J connectivity index is 1.87. The fourth-order valence-electron chi connectivity index (χ4n) is 2.95. The largest absolute Gasteiger partial charge is 0.458 e. The van der Waals surface area contributed by atoms with Crippen LogP contribution in [0, 0.1) is 12.4 Å². The van der Waals surface area contributed by atoms with Crippen molar-refractivity contribution in [1.82, 2.24) is 4.98 Å². The van der Waals surface area contributed by atoms with Crippen LogP contribution >= 0.6 is 0 Å². The minimum atomic E-state index is -3.38. The summed E-state index contributed by atoms with van der Waals surface area (Å²) in [5.41, 5.74) is 0.318. The van der Waals surface area contributed by atoms with E-state index < -0.39 is 24.3 Å². The molecule has 1 N–H and O–H groups in total. The number of oxazole rings is 1. The van der Waals surface area contributed by atoms with Gasteiger partial charge in [-0.25, -0.2) is 23.0 Å². The van der Waals surface area contributed by atoms with E-state index in [1.165, 1.54) is 12.1 Å². The molecule has 0 amide bonds. The first-order valence-electron chi connectivity index (χ1n) is 7.20. The van der Waals surface area contributed by atoms with Crippen LogP contribution < -0.4 is 4.74 Å². The lowest BCUT2D eigenvalue weighted by Gasteiger charge is -2.13. The maximum Gasteiger partial charge on any atom is 0.281 e. The summed E-state index contributed by atoms with van der Waals surface area (Å²) in [4.78, 5) is 7.01. The highest BCUT2D eigenvalue weighted by molar-refractivity contribution is 5.82. The van der Waals surface area contributed by atoms with Gasteiger partial charge in [-0.05, 0) is 12.1 Å². The standard InChI is InChI=1S/C17H9F3N2O3/c1-21-9-2-8(18)3-10(4-9)25-12-5-13-15(22-7-24-13)14-11(12)6-17(19,20)16(14)23/h2-5,7,16,23H,6H2. The number of alkyl halides is 2. The van der Waals surface area contributed by atoms with Crippen LogP contribution in [0.4, 0.5) is 18.9 Å². The second-order valence-corrected chi connectivity index (χ2v) is 5.67. The normalized spacial score (nSPS) is 18.1. The van der Waals surface area contributed by atoms with Crippen molar-refractivity contribution in [2.24, 2.45) is 0 Å². The zero-order valence-corrected chi connectivity index (χ0v) is 12.5. The average Bonchev–Trinajstić information content (AvgIpc) is 3.10. The molecule has 0 aliphatic heterocycles. The molecule has 1 heterocycles. The molecular weight excluding hydrogens is 337 g/mol.